The van der Waals surface area contributed by atoms with Crippen molar-refractivity contribution in [1.29, 1.82) is 0 Å². The number of carbonyl (C=O) groups is 1. The first-order chi connectivity index (χ1) is 5.74. The molecule has 0 saturated carbocycles. The van der Waals surface area contributed by atoms with Gasteiger partial charge in [0.1, 0.15) is 5.00 Å². The fraction of sp³-hybridized carbons (Fsp3) is 0.429. The van der Waals surface area contributed by atoms with Crippen molar-refractivity contribution in [2.45, 2.75) is 6.92 Å². The summed E-state index contributed by atoms with van der Waals surface area (Å²) < 4.78 is 3.87. The Morgan fingerprint density at radius 3 is 3.08 bits per heavy atom. The van der Waals surface area contributed by atoms with E-state index in [0.717, 1.165) is 5.00 Å². The third-order valence-corrected chi connectivity index (χ3v) is 2.15. The first kappa shape index (κ1) is 8.99. The molecule has 0 fully saturated rings. The highest BCUT2D eigenvalue weighted by atomic mass is 32.1. The van der Waals surface area contributed by atoms with Crippen molar-refractivity contribution < 1.29 is 4.79 Å². The zero-order valence-corrected chi connectivity index (χ0v) is 7.89. The average molecular weight is 185 g/mol. The van der Waals surface area contributed by atoms with Gasteiger partial charge in [-0.3, -0.25) is 5.32 Å². The lowest BCUT2D eigenvalue weighted by atomic mass is 10.6. The summed E-state index contributed by atoms with van der Waals surface area (Å²) in [4.78, 5) is 12.8. The summed E-state index contributed by atoms with van der Waals surface area (Å²) in [7, 11) is 1.75. The van der Waals surface area contributed by atoms with Crippen molar-refractivity contribution in [2.75, 3.05) is 18.9 Å². The van der Waals surface area contributed by atoms with Gasteiger partial charge in [-0.25, -0.2) is 4.79 Å². The third kappa shape index (κ3) is 2.20. The lowest BCUT2D eigenvalue weighted by molar-refractivity contribution is 0.225. The van der Waals surface area contributed by atoms with Crippen molar-refractivity contribution in [3.63, 3.8) is 0 Å². The van der Waals surface area contributed by atoms with Gasteiger partial charge in [0, 0.05) is 19.8 Å². The van der Waals surface area contributed by atoms with E-state index in [2.05, 4.69) is 9.69 Å². The van der Waals surface area contributed by atoms with Crippen LogP contribution in [0.25, 0.3) is 0 Å². The fourth-order valence-corrected chi connectivity index (χ4v) is 1.11. The minimum atomic E-state index is -0.0956. The number of hydrogen-bond acceptors (Lipinski definition) is 3. The second-order valence-electron chi connectivity index (χ2n) is 2.32. The smallest absolute Gasteiger partial charge is 0.322 e. The molecule has 66 valence electrons. The maximum atomic E-state index is 11.2. The molecule has 0 aliphatic heterocycles. The predicted molar refractivity (Wildman–Crippen MR) is 49.4 cm³/mol. The van der Waals surface area contributed by atoms with Gasteiger partial charge in [-0.05, 0) is 24.5 Å². The standard InChI is InChI=1S/C7H11N3OS/c1-3-10(2)7(11)9-6-4-5-8-12-6/h4-5H,3H2,1-2H3,(H,9,11). The van der Waals surface area contributed by atoms with Crippen molar-refractivity contribution in [3.05, 3.63) is 12.3 Å². The van der Waals surface area contributed by atoms with Crippen LogP contribution in [0.4, 0.5) is 9.80 Å². The monoisotopic (exact) mass is 185 g/mol. The molecule has 0 aliphatic rings. The summed E-state index contributed by atoms with van der Waals surface area (Å²) in [5, 5.41) is 3.49. The van der Waals surface area contributed by atoms with E-state index >= 15 is 0 Å². The summed E-state index contributed by atoms with van der Waals surface area (Å²) in [6.07, 6.45) is 1.66. The number of nitrogens with zero attached hydrogens (tertiary/aromatic N) is 2. The predicted octanol–water partition coefficient (Wildman–Crippen LogP) is 1.63. The highest BCUT2D eigenvalue weighted by molar-refractivity contribution is 7.10. The molecule has 1 N–H and O–H groups in total. The molecular weight excluding hydrogens is 174 g/mol. The Morgan fingerprint density at radius 2 is 2.58 bits per heavy atom. The van der Waals surface area contributed by atoms with Crippen LogP contribution in [0.3, 0.4) is 0 Å². The molecule has 0 aromatic carbocycles. The van der Waals surface area contributed by atoms with Crippen LogP contribution in [0.2, 0.25) is 0 Å². The van der Waals surface area contributed by atoms with Crippen LogP contribution in [0, 0.1) is 0 Å². The van der Waals surface area contributed by atoms with Gasteiger partial charge >= 0.3 is 6.03 Å². The Kier molecular flexibility index (Phi) is 3.04. The first-order valence-electron chi connectivity index (χ1n) is 3.67. The molecule has 0 aliphatic carbocycles. The molecule has 0 radical (unpaired) electrons. The molecule has 0 bridgehead atoms. The second kappa shape index (κ2) is 4.06. The van der Waals surface area contributed by atoms with Crippen LogP contribution in [-0.2, 0) is 0 Å². The maximum absolute atomic E-state index is 11.2. The van der Waals surface area contributed by atoms with Crippen LogP contribution in [-0.4, -0.2) is 28.9 Å². The van der Waals surface area contributed by atoms with Crippen LogP contribution >= 0.6 is 11.5 Å². The Morgan fingerprint density at radius 1 is 1.83 bits per heavy atom. The van der Waals surface area contributed by atoms with Crippen LogP contribution in [0.1, 0.15) is 6.92 Å². The van der Waals surface area contributed by atoms with Gasteiger partial charge < -0.3 is 4.90 Å². The number of carbonyl (C=O) groups excluding carboxylic acids is 1. The third-order valence-electron chi connectivity index (χ3n) is 1.49. The molecule has 1 aromatic heterocycles. The van der Waals surface area contributed by atoms with E-state index < -0.39 is 0 Å². The zero-order valence-electron chi connectivity index (χ0n) is 7.07. The van der Waals surface area contributed by atoms with Gasteiger partial charge in [-0.2, -0.15) is 4.37 Å². The van der Waals surface area contributed by atoms with E-state index in [-0.39, 0.29) is 6.03 Å². The number of hydrogen-bond donors (Lipinski definition) is 1. The number of rotatable bonds is 2. The first-order valence-corrected chi connectivity index (χ1v) is 4.44. The van der Waals surface area contributed by atoms with E-state index in [4.69, 9.17) is 0 Å². The minimum absolute atomic E-state index is 0.0956. The van der Waals surface area contributed by atoms with Crippen LogP contribution in [0.15, 0.2) is 12.3 Å². The summed E-state index contributed by atoms with van der Waals surface area (Å²) in [6.45, 7) is 2.62. The Hall–Kier alpha value is -1.10. The molecule has 1 rings (SSSR count). The lowest BCUT2D eigenvalue weighted by Crippen LogP contribution is -2.30. The Balaban J connectivity index is 2.47. The molecule has 0 unspecified atom stereocenters. The Bertz CT molecular complexity index is 247. The molecule has 1 aromatic rings. The van der Waals surface area contributed by atoms with E-state index in [1.54, 1.807) is 24.2 Å². The van der Waals surface area contributed by atoms with Gasteiger partial charge in [-0.1, -0.05) is 0 Å². The van der Waals surface area contributed by atoms with Crippen LogP contribution in [0.5, 0.6) is 0 Å². The molecule has 1 heterocycles. The number of nitrogens with one attached hydrogen (secondary N) is 1. The van der Waals surface area contributed by atoms with E-state index in [1.165, 1.54) is 11.5 Å². The molecule has 0 spiro atoms. The average Bonchev–Trinajstić information content (AvgIpc) is 2.55. The van der Waals surface area contributed by atoms with Gasteiger partial charge in [0.05, 0.1) is 0 Å². The van der Waals surface area contributed by atoms with Crippen molar-refractivity contribution in [3.8, 4) is 0 Å². The van der Waals surface area contributed by atoms with Crippen molar-refractivity contribution in [1.82, 2.24) is 9.27 Å². The SMILES string of the molecule is CCN(C)C(=O)Nc1ccns1. The number of urea groups is 1. The van der Waals surface area contributed by atoms with Gasteiger partial charge in [0.2, 0.25) is 0 Å². The molecule has 12 heavy (non-hydrogen) atoms. The number of anilines is 1. The highest BCUT2D eigenvalue weighted by Crippen LogP contribution is 2.11. The molecular formula is C7H11N3OS. The quantitative estimate of drug-likeness (QED) is 0.761. The van der Waals surface area contributed by atoms with Crippen molar-refractivity contribution >= 4 is 22.6 Å². The minimum Gasteiger partial charge on any atom is -0.328 e. The largest absolute Gasteiger partial charge is 0.328 e. The van der Waals surface area contributed by atoms with Crippen molar-refractivity contribution in [2.24, 2.45) is 0 Å². The van der Waals surface area contributed by atoms with Gasteiger partial charge in [-0.15, -0.1) is 0 Å². The molecule has 2 amide bonds. The molecule has 5 heteroatoms. The topological polar surface area (TPSA) is 45.2 Å². The molecule has 0 atom stereocenters. The zero-order chi connectivity index (χ0) is 8.97. The highest BCUT2D eigenvalue weighted by Gasteiger charge is 2.06. The summed E-state index contributed by atoms with van der Waals surface area (Å²) in [5.41, 5.74) is 0. The summed E-state index contributed by atoms with van der Waals surface area (Å²) in [5.74, 6) is 0. The molecule has 0 saturated heterocycles. The van der Waals surface area contributed by atoms with Gasteiger partial charge in [0.15, 0.2) is 0 Å². The fourth-order valence-electron chi connectivity index (χ4n) is 0.625. The van der Waals surface area contributed by atoms with E-state index in [9.17, 15) is 4.79 Å². The number of amides is 2. The Labute approximate surface area is 75.4 Å². The van der Waals surface area contributed by atoms with Crippen LogP contribution < -0.4 is 5.32 Å². The maximum Gasteiger partial charge on any atom is 0.322 e. The van der Waals surface area contributed by atoms with E-state index in [1.807, 2.05) is 6.92 Å². The summed E-state index contributed by atoms with van der Waals surface area (Å²) >= 11 is 1.27. The normalized spacial score (nSPS) is 9.50. The molecule has 4 nitrogen and oxygen atoms in total. The lowest BCUT2D eigenvalue weighted by Gasteiger charge is -2.13. The second-order valence-corrected chi connectivity index (χ2v) is 3.15. The number of aromatic nitrogens is 1. The summed E-state index contributed by atoms with van der Waals surface area (Å²) in [6, 6.07) is 1.67. The van der Waals surface area contributed by atoms with Gasteiger partial charge in [0.25, 0.3) is 0 Å². The van der Waals surface area contributed by atoms with E-state index in [0.29, 0.717) is 6.54 Å².